The summed E-state index contributed by atoms with van der Waals surface area (Å²) in [6.45, 7) is 4.81. The van der Waals surface area contributed by atoms with Crippen molar-refractivity contribution in [1.29, 1.82) is 0 Å². The molecular formula is C28H33N5O4S. The van der Waals surface area contributed by atoms with Crippen LogP contribution in [0.4, 0.5) is 0 Å². The van der Waals surface area contributed by atoms with Crippen LogP contribution < -0.4 is 16.0 Å². The van der Waals surface area contributed by atoms with Gasteiger partial charge in [0.2, 0.25) is 10.0 Å². The van der Waals surface area contributed by atoms with Gasteiger partial charge in [-0.3, -0.25) is 18.8 Å². The number of nitrogens with zero attached hydrogens (tertiary/aromatic N) is 3. The van der Waals surface area contributed by atoms with Gasteiger partial charge in [0.15, 0.2) is 0 Å². The fourth-order valence-electron chi connectivity index (χ4n) is 5.11. The summed E-state index contributed by atoms with van der Waals surface area (Å²) < 4.78 is 31.7. The standard InChI is InChI=1S/C28H33N5O4S/c1-3-15-33-27(34)26-25(31(2)28(33)35)18-24(29-26)21-9-11-23(12-10-21)38(36,37)30-22-13-16-32(17-14-22)19-20-7-5-4-6-8-20/h4-12,18,22,29-30H,3,13-17,19H2,1-2H3. The first-order chi connectivity index (χ1) is 18.3. The van der Waals surface area contributed by atoms with E-state index >= 15 is 0 Å². The Bertz CT molecular complexity index is 1650. The monoisotopic (exact) mass is 535 g/mol. The maximum atomic E-state index is 13.1. The zero-order chi connectivity index (χ0) is 26.9. The van der Waals surface area contributed by atoms with Crippen molar-refractivity contribution in [3.8, 4) is 11.3 Å². The third-order valence-corrected chi connectivity index (χ3v) is 8.75. The van der Waals surface area contributed by atoms with Crippen LogP contribution in [-0.4, -0.2) is 46.6 Å². The summed E-state index contributed by atoms with van der Waals surface area (Å²) in [4.78, 5) is 31.1. The molecule has 200 valence electrons. The van der Waals surface area contributed by atoms with Gasteiger partial charge in [-0.05, 0) is 48.6 Å². The van der Waals surface area contributed by atoms with Crippen molar-refractivity contribution in [1.82, 2.24) is 23.7 Å². The quantitative estimate of drug-likeness (QED) is 0.361. The highest BCUT2D eigenvalue weighted by molar-refractivity contribution is 7.89. The normalized spacial score (nSPS) is 15.3. The smallest absolute Gasteiger partial charge is 0.331 e. The molecule has 0 atom stereocenters. The molecule has 2 aromatic heterocycles. The van der Waals surface area contributed by atoms with E-state index in [1.54, 1.807) is 37.4 Å². The fourth-order valence-corrected chi connectivity index (χ4v) is 6.41. The molecule has 1 fully saturated rings. The third-order valence-electron chi connectivity index (χ3n) is 7.22. The highest BCUT2D eigenvalue weighted by Gasteiger charge is 2.25. The van der Waals surface area contributed by atoms with E-state index in [0.717, 1.165) is 38.0 Å². The van der Waals surface area contributed by atoms with E-state index in [4.69, 9.17) is 0 Å². The Balaban J connectivity index is 1.28. The molecule has 0 amide bonds. The second kappa shape index (κ2) is 10.7. The molecule has 4 aromatic rings. The van der Waals surface area contributed by atoms with Crippen molar-refractivity contribution in [2.24, 2.45) is 7.05 Å². The van der Waals surface area contributed by atoms with Gasteiger partial charge < -0.3 is 4.98 Å². The highest BCUT2D eigenvalue weighted by atomic mass is 32.2. The molecule has 1 saturated heterocycles. The molecule has 38 heavy (non-hydrogen) atoms. The molecule has 0 bridgehead atoms. The minimum Gasteiger partial charge on any atom is -0.349 e. The molecule has 3 heterocycles. The van der Waals surface area contributed by atoms with Crippen LogP contribution in [-0.2, 0) is 30.2 Å². The third kappa shape index (κ3) is 5.24. The van der Waals surface area contributed by atoms with Gasteiger partial charge >= 0.3 is 5.69 Å². The fraction of sp³-hybridized carbons (Fsp3) is 0.357. The number of likely N-dealkylation sites (tertiary alicyclic amines) is 1. The Morgan fingerprint density at radius 2 is 1.68 bits per heavy atom. The summed E-state index contributed by atoms with van der Waals surface area (Å²) in [6.07, 6.45) is 2.19. The molecule has 1 aliphatic heterocycles. The molecule has 2 N–H and O–H groups in total. The number of H-pyrrole nitrogens is 1. The van der Waals surface area contributed by atoms with E-state index in [-0.39, 0.29) is 22.2 Å². The number of sulfonamides is 1. The van der Waals surface area contributed by atoms with Gasteiger partial charge in [-0.2, -0.15) is 0 Å². The van der Waals surface area contributed by atoms with E-state index in [9.17, 15) is 18.0 Å². The molecule has 10 heteroatoms. The molecule has 0 spiro atoms. The van der Waals surface area contributed by atoms with Crippen LogP contribution in [0.1, 0.15) is 31.7 Å². The SMILES string of the molecule is CCCn1c(=O)c2[nH]c(-c3ccc(S(=O)(=O)NC4CCN(Cc5ccccc5)CC4)cc3)cc2n(C)c1=O. The average Bonchev–Trinajstić information content (AvgIpc) is 3.38. The van der Waals surface area contributed by atoms with Crippen LogP contribution in [0.25, 0.3) is 22.3 Å². The van der Waals surface area contributed by atoms with Gasteiger partial charge in [0.05, 0.1) is 10.4 Å². The zero-order valence-corrected chi connectivity index (χ0v) is 22.5. The van der Waals surface area contributed by atoms with Gasteiger partial charge in [-0.25, -0.2) is 17.9 Å². The first-order valence-electron chi connectivity index (χ1n) is 13.0. The predicted molar refractivity (Wildman–Crippen MR) is 149 cm³/mol. The molecule has 2 aromatic carbocycles. The summed E-state index contributed by atoms with van der Waals surface area (Å²) >= 11 is 0. The lowest BCUT2D eigenvalue weighted by atomic mass is 10.1. The Labute approximate surface area is 221 Å². The van der Waals surface area contributed by atoms with E-state index < -0.39 is 10.0 Å². The first kappa shape index (κ1) is 26.1. The van der Waals surface area contributed by atoms with Gasteiger partial charge in [0.25, 0.3) is 5.56 Å². The van der Waals surface area contributed by atoms with Gasteiger partial charge in [-0.15, -0.1) is 0 Å². The number of piperidine rings is 1. The van der Waals surface area contributed by atoms with E-state index in [1.807, 2.05) is 25.1 Å². The van der Waals surface area contributed by atoms with Crippen molar-refractivity contribution in [3.63, 3.8) is 0 Å². The molecule has 0 unspecified atom stereocenters. The lowest BCUT2D eigenvalue weighted by molar-refractivity contribution is 0.200. The van der Waals surface area contributed by atoms with E-state index in [1.165, 1.54) is 14.7 Å². The van der Waals surface area contributed by atoms with Crippen LogP contribution in [0, 0.1) is 0 Å². The Morgan fingerprint density at radius 3 is 2.34 bits per heavy atom. The number of nitrogens with one attached hydrogen (secondary N) is 2. The van der Waals surface area contributed by atoms with Crippen LogP contribution in [0.3, 0.4) is 0 Å². The largest absolute Gasteiger partial charge is 0.349 e. The van der Waals surface area contributed by atoms with Crippen molar-refractivity contribution < 1.29 is 8.42 Å². The van der Waals surface area contributed by atoms with E-state index in [0.29, 0.717) is 29.7 Å². The lowest BCUT2D eigenvalue weighted by Crippen LogP contribution is -2.44. The summed E-state index contributed by atoms with van der Waals surface area (Å²) in [5.41, 5.74) is 2.79. The number of benzene rings is 2. The molecule has 5 rings (SSSR count). The van der Waals surface area contributed by atoms with Crippen LogP contribution in [0.2, 0.25) is 0 Å². The molecule has 9 nitrogen and oxygen atoms in total. The minimum atomic E-state index is -3.67. The second-order valence-corrected chi connectivity index (χ2v) is 11.6. The van der Waals surface area contributed by atoms with Crippen LogP contribution in [0.5, 0.6) is 0 Å². The molecular weight excluding hydrogens is 502 g/mol. The molecule has 0 saturated carbocycles. The summed E-state index contributed by atoms with van der Waals surface area (Å²) in [5.74, 6) is 0. The summed E-state index contributed by atoms with van der Waals surface area (Å²) in [7, 11) is -2.03. The summed E-state index contributed by atoms with van der Waals surface area (Å²) in [6, 6.07) is 18.5. The van der Waals surface area contributed by atoms with Crippen LogP contribution >= 0.6 is 0 Å². The van der Waals surface area contributed by atoms with Gasteiger partial charge in [-0.1, -0.05) is 49.4 Å². The average molecular weight is 536 g/mol. The maximum absolute atomic E-state index is 13.1. The van der Waals surface area contributed by atoms with Gasteiger partial charge in [0.1, 0.15) is 5.52 Å². The lowest BCUT2D eigenvalue weighted by Gasteiger charge is -2.32. The Kier molecular flexibility index (Phi) is 7.38. The Hall–Kier alpha value is -3.47. The topological polar surface area (TPSA) is 109 Å². The summed E-state index contributed by atoms with van der Waals surface area (Å²) in [5, 5.41) is 0. The van der Waals surface area contributed by atoms with E-state index in [2.05, 4.69) is 26.7 Å². The number of aryl methyl sites for hydroxylation is 1. The molecule has 0 radical (unpaired) electrons. The van der Waals surface area contributed by atoms with Crippen LogP contribution in [0.15, 0.2) is 75.1 Å². The van der Waals surface area contributed by atoms with Crippen molar-refractivity contribution in [3.05, 3.63) is 87.1 Å². The number of aromatic nitrogens is 3. The first-order valence-corrected chi connectivity index (χ1v) is 14.5. The molecule has 0 aliphatic carbocycles. The predicted octanol–water partition coefficient (Wildman–Crippen LogP) is 3.05. The number of rotatable bonds is 8. The van der Waals surface area contributed by atoms with Crippen molar-refractivity contribution >= 4 is 21.1 Å². The highest BCUT2D eigenvalue weighted by Crippen LogP contribution is 2.24. The van der Waals surface area contributed by atoms with Gasteiger partial charge in [0, 0.05) is 45.0 Å². The second-order valence-electron chi connectivity index (χ2n) is 9.92. The number of fused-ring (bicyclic) bond motifs is 1. The number of hydrogen-bond donors (Lipinski definition) is 2. The zero-order valence-electron chi connectivity index (χ0n) is 21.7. The van der Waals surface area contributed by atoms with Crippen molar-refractivity contribution in [2.45, 2.75) is 50.2 Å². The number of aromatic amines is 1. The molecule has 1 aliphatic rings. The maximum Gasteiger partial charge on any atom is 0.331 e. The Morgan fingerprint density at radius 1 is 1.00 bits per heavy atom. The van der Waals surface area contributed by atoms with Crippen molar-refractivity contribution in [2.75, 3.05) is 13.1 Å². The minimum absolute atomic E-state index is 0.105. The number of hydrogen-bond acceptors (Lipinski definition) is 5.